The number of methoxy groups -OCH3 is 2. The molecule has 4 aromatic carbocycles. The van der Waals surface area contributed by atoms with Gasteiger partial charge in [-0.2, -0.15) is 4.58 Å². The molecule has 0 unspecified atom stereocenters. The fourth-order valence-corrected chi connectivity index (χ4v) is 10.1. The van der Waals surface area contributed by atoms with Crippen LogP contribution in [0.3, 0.4) is 0 Å². The van der Waals surface area contributed by atoms with Crippen molar-refractivity contribution in [3.63, 3.8) is 0 Å². The van der Waals surface area contributed by atoms with Crippen LogP contribution in [-0.4, -0.2) is 59.2 Å². The highest BCUT2D eigenvalue weighted by Crippen LogP contribution is 2.40. The monoisotopic (exact) mass is 795 g/mol. The topological polar surface area (TPSA) is 43.4 Å². The average Bonchev–Trinajstić information content (AvgIpc) is 3.82. The molecule has 0 saturated heterocycles. The lowest BCUT2D eigenvalue weighted by molar-refractivity contribution is -0.401. The molecule has 0 spiro atoms. The molecule has 8 heteroatoms. The van der Waals surface area contributed by atoms with E-state index in [2.05, 4.69) is 182 Å². The van der Waals surface area contributed by atoms with Crippen LogP contribution in [0.15, 0.2) is 122 Å². The summed E-state index contributed by atoms with van der Waals surface area (Å²) in [6, 6.07) is 30.0. The lowest BCUT2D eigenvalue weighted by Gasteiger charge is -2.28. The van der Waals surface area contributed by atoms with Crippen LogP contribution >= 0.6 is 21.6 Å². The summed E-state index contributed by atoms with van der Waals surface area (Å²) < 4.78 is 18.4. The molecule has 0 radical (unpaired) electrons. The minimum Gasteiger partial charge on any atom is -0.497 e. The van der Waals surface area contributed by atoms with Crippen molar-refractivity contribution >= 4 is 72.6 Å². The van der Waals surface area contributed by atoms with Crippen LogP contribution in [-0.2, 0) is 23.9 Å². The van der Waals surface area contributed by atoms with E-state index in [-0.39, 0.29) is 10.8 Å². The van der Waals surface area contributed by atoms with Crippen molar-refractivity contribution in [2.45, 2.75) is 51.6 Å². The summed E-state index contributed by atoms with van der Waals surface area (Å²) in [7, 11) is 11.5. The smallest absolute Gasteiger partial charge is 0.209 e. The Kier molecular flexibility index (Phi) is 11.8. The molecule has 1 N–H and O–H groups in total. The van der Waals surface area contributed by atoms with Crippen LogP contribution < -0.4 is 14.8 Å². The van der Waals surface area contributed by atoms with E-state index in [1.165, 1.54) is 49.9 Å². The molecule has 6 aromatic rings. The summed E-state index contributed by atoms with van der Waals surface area (Å²) in [5.74, 6) is 3.72. The number of aromatic nitrogens is 2. The number of hydrogen-bond donors (Lipinski definition) is 1. The van der Waals surface area contributed by atoms with E-state index in [1.807, 2.05) is 28.6 Å². The van der Waals surface area contributed by atoms with Crippen molar-refractivity contribution in [2.75, 3.05) is 45.1 Å². The first-order valence-electron chi connectivity index (χ1n) is 19.6. The van der Waals surface area contributed by atoms with Gasteiger partial charge in [-0.3, -0.25) is 0 Å². The number of rotatable bonds is 16. The molecule has 1 aliphatic rings. The average molecular weight is 796 g/mol. The third-order valence-electron chi connectivity index (χ3n) is 11.7. The zero-order valence-electron chi connectivity index (χ0n) is 34.6. The van der Waals surface area contributed by atoms with Crippen molar-refractivity contribution in [1.82, 2.24) is 9.13 Å². The lowest BCUT2D eigenvalue weighted by atomic mass is 9.77. The summed E-state index contributed by atoms with van der Waals surface area (Å²) in [6.07, 6.45) is 13.5. The van der Waals surface area contributed by atoms with E-state index in [9.17, 15) is 0 Å². The van der Waals surface area contributed by atoms with E-state index in [0.29, 0.717) is 0 Å². The van der Waals surface area contributed by atoms with Gasteiger partial charge in [0.1, 0.15) is 18.5 Å². The molecule has 7 rings (SSSR count). The lowest BCUT2D eigenvalue weighted by Crippen LogP contribution is -2.26. The van der Waals surface area contributed by atoms with Crippen molar-refractivity contribution in [1.29, 1.82) is 0 Å². The fraction of sp³-hybridized carbons (Fsp3) is 0.286. The number of fused-ring (bicyclic) bond motifs is 3. The Morgan fingerprint density at radius 3 is 1.93 bits per heavy atom. The summed E-state index contributed by atoms with van der Waals surface area (Å²) >= 11 is 0. The summed E-state index contributed by atoms with van der Waals surface area (Å²) in [5.41, 5.74) is 11.8. The molecule has 0 saturated carbocycles. The molecular weight excluding hydrogens is 741 g/mol. The number of hydrogen-bond acceptors (Lipinski definition) is 5. The Labute approximate surface area is 346 Å². The van der Waals surface area contributed by atoms with E-state index in [4.69, 9.17) is 9.47 Å². The van der Waals surface area contributed by atoms with Crippen molar-refractivity contribution < 1.29 is 14.0 Å². The van der Waals surface area contributed by atoms with Crippen LogP contribution in [0.25, 0.3) is 34.0 Å². The predicted octanol–water partition coefficient (Wildman–Crippen LogP) is 12.0. The highest BCUT2D eigenvalue weighted by Gasteiger charge is 2.42. The number of nitrogens with one attached hydrogen (secondary N) is 1. The molecule has 0 aliphatic carbocycles. The van der Waals surface area contributed by atoms with Crippen LogP contribution in [0.1, 0.15) is 49.9 Å². The number of para-hydroxylation sites is 2. The molecular formula is C49H55N4O2S2+. The van der Waals surface area contributed by atoms with Crippen molar-refractivity contribution in [3.05, 3.63) is 144 Å². The zero-order valence-corrected chi connectivity index (χ0v) is 36.2. The quantitative estimate of drug-likeness (QED) is 0.0457. The van der Waals surface area contributed by atoms with Gasteiger partial charge in [0.2, 0.25) is 5.69 Å². The highest BCUT2D eigenvalue weighted by atomic mass is 33.1. The number of anilines is 1. The Morgan fingerprint density at radius 1 is 0.789 bits per heavy atom. The second kappa shape index (κ2) is 16.8. The van der Waals surface area contributed by atoms with E-state index in [0.717, 1.165) is 52.9 Å². The fourth-order valence-electron chi connectivity index (χ4n) is 8.17. The minimum atomic E-state index is -0.242. The first-order chi connectivity index (χ1) is 27.5. The van der Waals surface area contributed by atoms with E-state index in [1.54, 1.807) is 14.2 Å². The minimum absolute atomic E-state index is 0.0737. The second-order valence-corrected chi connectivity index (χ2v) is 18.4. The van der Waals surface area contributed by atoms with Gasteiger partial charge in [-0.1, -0.05) is 90.6 Å². The van der Waals surface area contributed by atoms with Gasteiger partial charge in [0, 0.05) is 106 Å². The SMILES string of the molecule is C=C(/C=C/c1cn(CCSSCCn2cc(/C=C/C3=[N+](C)c4ccccc4C3(C)C)c3cc(OC)ccc32)c2ccc(OC)cc12)C(C)(C)c1ccccc1NC. The number of ether oxygens (including phenoxy) is 2. The van der Waals surface area contributed by atoms with E-state index < -0.39 is 0 Å². The molecule has 6 nitrogen and oxygen atoms in total. The molecule has 57 heavy (non-hydrogen) atoms. The first kappa shape index (κ1) is 40.2. The largest absolute Gasteiger partial charge is 0.497 e. The Hall–Kier alpha value is -5.05. The Bertz CT molecular complexity index is 2530. The molecule has 3 heterocycles. The third-order valence-corrected chi connectivity index (χ3v) is 14.0. The first-order valence-corrected chi connectivity index (χ1v) is 22.1. The second-order valence-electron chi connectivity index (χ2n) is 15.7. The zero-order chi connectivity index (χ0) is 40.3. The van der Waals surface area contributed by atoms with Gasteiger partial charge in [-0.15, -0.1) is 0 Å². The van der Waals surface area contributed by atoms with Gasteiger partial charge < -0.3 is 23.9 Å². The van der Waals surface area contributed by atoms with Gasteiger partial charge in [0.05, 0.1) is 19.6 Å². The molecule has 0 atom stereocenters. The Morgan fingerprint density at radius 2 is 1.35 bits per heavy atom. The van der Waals surface area contributed by atoms with Gasteiger partial charge in [0.15, 0.2) is 5.71 Å². The Balaban J connectivity index is 1.02. The maximum Gasteiger partial charge on any atom is 0.209 e. The molecule has 0 amide bonds. The van der Waals surface area contributed by atoms with Crippen LogP contribution in [0.4, 0.5) is 11.4 Å². The number of nitrogens with zero attached hydrogens (tertiary/aromatic N) is 3. The molecule has 0 fully saturated rings. The number of aryl methyl sites for hydroxylation is 2. The number of allylic oxidation sites excluding steroid dienone is 3. The molecule has 294 valence electrons. The van der Waals surface area contributed by atoms with Crippen LogP contribution in [0.5, 0.6) is 11.5 Å². The van der Waals surface area contributed by atoms with Crippen LogP contribution in [0.2, 0.25) is 0 Å². The predicted molar refractivity (Wildman–Crippen MR) is 248 cm³/mol. The van der Waals surface area contributed by atoms with E-state index >= 15 is 0 Å². The van der Waals surface area contributed by atoms with Gasteiger partial charge in [-0.05, 0) is 73.5 Å². The summed E-state index contributed by atoms with van der Waals surface area (Å²) in [6.45, 7) is 15.4. The molecule has 1 aliphatic heterocycles. The van der Waals surface area contributed by atoms with Crippen LogP contribution in [0, 0.1) is 0 Å². The maximum atomic E-state index is 5.65. The van der Waals surface area contributed by atoms with Crippen molar-refractivity contribution in [2.24, 2.45) is 0 Å². The molecule has 2 aromatic heterocycles. The van der Waals surface area contributed by atoms with Gasteiger partial charge >= 0.3 is 0 Å². The van der Waals surface area contributed by atoms with Crippen molar-refractivity contribution in [3.8, 4) is 11.5 Å². The van der Waals surface area contributed by atoms with Gasteiger partial charge in [0.25, 0.3) is 0 Å². The number of benzene rings is 4. The highest BCUT2D eigenvalue weighted by molar-refractivity contribution is 8.76. The molecule has 0 bridgehead atoms. The maximum absolute atomic E-state index is 5.65. The summed E-state index contributed by atoms with van der Waals surface area (Å²) in [4.78, 5) is 0. The third kappa shape index (κ3) is 7.95. The van der Waals surface area contributed by atoms with Gasteiger partial charge in [-0.25, -0.2) is 0 Å². The normalized spacial score (nSPS) is 14.0. The summed E-state index contributed by atoms with van der Waals surface area (Å²) in [5, 5.41) is 5.73. The standard InChI is InChI=1S/C49H55N4O2S2/c1-34(48(2,3)41-14-10-12-16-43(41)50-6)18-19-35-32-52(44-23-21-37(54-8)30-39(35)44)26-28-56-57-29-27-53-33-36(40-31-38(55-9)22-24-45(40)53)20-25-47-49(4,5)42-15-11-13-17-46(42)51(47)7/h10-25,30-33,50H,1,26-29H2,2-9H3/q+1/b19-18+.